The molecule has 172 valence electrons. The van der Waals surface area contributed by atoms with E-state index in [-0.39, 0.29) is 23.3 Å². The number of rotatable bonds is 9. The van der Waals surface area contributed by atoms with Gasteiger partial charge in [0.1, 0.15) is 0 Å². The van der Waals surface area contributed by atoms with Crippen molar-refractivity contribution in [1.29, 1.82) is 0 Å². The monoisotopic (exact) mass is 458 g/mol. The lowest BCUT2D eigenvalue weighted by molar-refractivity contribution is -0.116. The third-order valence-corrected chi connectivity index (χ3v) is 7.02. The second-order valence-corrected chi connectivity index (χ2v) is 9.66. The van der Waals surface area contributed by atoms with Crippen molar-refractivity contribution < 1.29 is 22.7 Å². The molecule has 0 radical (unpaired) electrons. The van der Waals surface area contributed by atoms with Crippen LogP contribution in [0.5, 0.6) is 0 Å². The Kier molecular flexibility index (Phi) is 8.41. The van der Waals surface area contributed by atoms with Crippen LogP contribution in [0.25, 0.3) is 0 Å². The first-order chi connectivity index (χ1) is 15.4. The fourth-order valence-electron chi connectivity index (χ4n) is 3.73. The third-order valence-electron chi connectivity index (χ3n) is 5.48. The number of carbonyl (C=O) groups is 2. The molecule has 0 aliphatic heterocycles. The van der Waals surface area contributed by atoms with Crippen LogP contribution < -0.4 is 10.0 Å². The molecule has 0 atom stereocenters. The summed E-state index contributed by atoms with van der Waals surface area (Å²) in [7, 11) is -3.52. The second-order valence-electron chi connectivity index (χ2n) is 7.95. The fourth-order valence-corrected chi connectivity index (χ4v) is 5.03. The molecule has 0 aromatic heterocycles. The van der Waals surface area contributed by atoms with Crippen LogP contribution in [0.3, 0.4) is 0 Å². The first-order valence-corrected chi connectivity index (χ1v) is 12.5. The molecule has 32 heavy (non-hydrogen) atoms. The van der Waals surface area contributed by atoms with Gasteiger partial charge in [-0.3, -0.25) is 4.79 Å². The van der Waals surface area contributed by atoms with E-state index < -0.39 is 16.0 Å². The second kappa shape index (κ2) is 11.2. The number of hydrogen-bond acceptors (Lipinski definition) is 5. The minimum atomic E-state index is -3.52. The first-order valence-electron chi connectivity index (χ1n) is 11.1. The number of nitrogens with one attached hydrogen (secondary N) is 2. The van der Waals surface area contributed by atoms with Gasteiger partial charge in [0.25, 0.3) is 0 Å². The minimum Gasteiger partial charge on any atom is -0.462 e. The quantitative estimate of drug-likeness (QED) is 0.552. The molecule has 2 aromatic carbocycles. The summed E-state index contributed by atoms with van der Waals surface area (Å²) in [6, 6.07) is 13.2. The van der Waals surface area contributed by atoms with Crippen molar-refractivity contribution in [1.82, 2.24) is 4.72 Å². The van der Waals surface area contributed by atoms with Gasteiger partial charge in [-0.2, -0.15) is 0 Å². The topological polar surface area (TPSA) is 102 Å². The van der Waals surface area contributed by atoms with Crippen molar-refractivity contribution in [3.05, 3.63) is 59.7 Å². The van der Waals surface area contributed by atoms with Gasteiger partial charge in [0, 0.05) is 18.2 Å². The van der Waals surface area contributed by atoms with Crippen LogP contribution in [0.15, 0.2) is 53.4 Å². The molecule has 0 unspecified atom stereocenters. The Hall–Kier alpha value is -2.71. The number of carbonyl (C=O) groups excluding carboxylic acids is 2. The molecule has 1 aliphatic rings. The fraction of sp³-hybridized carbons (Fsp3) is 0.417. The zero-order chi connectivity index (χ0) is 23.0. The smallest absolute Gasteiger partial charge is 0.338 e. The van der Waals surface area contributed by atoms with E-state index in [0.29, 0.717) is 24.3 Å². The maximum absolute atomic E-state index is 12.6. The van der Waals surface area contributed by atoms with Crippen molar-refractivity contribution in [2.75, 3.05) is 11.9 Å². The van der Waals surface area contributed by atoms with E-state index in [1.54, 1.807) is 55.5 Å². The first kappa shape index (κ1) is 23.9. The van der Waals surface area contributed by atoms with Crippen LogP contribution in [0.1, 0.15) is 61.4 Å². The number of amides is 1. The van der Waals surface area contributed by atoms with Crippen molar-refractivity contribution in [3.63, 3.8) is 0 Å². The van der Waals surface area contributed by atoms with Crippen LogP contribution in [0.4, 0.5) is 5.69 Å². The average Bonchev–Trinajstić information content (AvgIpc) is 2.79. The minimum absolute atomic E-state index is 0.0171. The number of esters is 1. The van der Waals surface area contributed by atoms with E-state index >= 15 is 0 Å². The summed E-state index contributed by atoms with van der Waals surface area (Å²) in [4.78, 5) is 24.2. The van der Waals surface area contributed by atoms with E-state index in [2.05, 4.69) is 10.0 Å². The van der Waals surface area contributed by atoms with E-state index in [9.17, 15) is 18.0 Å². The third kappa shape index (κ3) is 6.90. The predicted octanol–water partition coefficient (Wildman–Crippen LogP) is 4.05. The summed E-state index contributed by atoms with van der Waals surface area (Å²) in [5, 5.41) is 2.79. The maximum atomic E-state index is 12.6. The molecular weight excluding hydrogens is 428 g/mol. The van der Waals surface area contributed by atoms with E-state index in [4.69, 9.17) is 4.74 Å². The summed E-state index contributed by atoms with van der Waals surface area (Å²) in [5.74, 6) is -0.561. The largest absolute Gasteiger partial charge is 0.462 e. The van der Waals surface area contributed by atoms with Crippen molar-refractivity contribution in [2.24, 2.45) is 0 Å². The van der Waals surface area contributed by atoms with Crippen molar-refractivity contribution in [3.8, 4) is 0 Å². The Bertz CT molecular complexity index is 1010. The molecule has 0 saturated heterocycles. The van der Waals surface area contributed by atoms with Crippen LogP contribution in [0.2, 0.25) is 0 Å². The van der Waals surface area contributed by atoms with Gasteiger partial charge in [-0.15, -0.1) is 0 Å². The molecule has 8 heteroatoms. The van der Waals surface area contributed by atoms with E-state index in [1.165, 1.54) is 6.42 Å². The highest BCUT2D eigenvalue weighted by molar-refractivity contribution is 7.89. The molecule has 1 amide bonds. The Balaban J connectivity index is 1.49. The summed E-state index contributed by atoms with van der Waals surface area (Å²) >= 11 is 0. The number of aryl methyl sites for hydroxylation is 1. The highest BCUT2D eigenvalue weighted by atomic mass is 32.2. The zero-order valence-electron chi connectivity index (χ0n) is 18.3. The van der Waals surface area contributed by atoms with Gasteiger partial charge in [-0.1, -0.05) is 31.4 Å². The molecule has 0 spiro atoms. The molecule has 3 rings (SSSR count). The van der Waals surface area contributed by atoms with Gasteiger partial charge in [0.15, 0.2) is 0 Å². The number of hydrogen-bond donors (Lipinski definition) is 2. The summed E-state index contributed by atoms with van der Waals surface area (Å²) in [5.41, 5.74) is 1.91. The van der Waals surface area contributed by atoms with Gasteiger partial charge in [0.05, 0.1) is 17.1 Å². The van der Waals surface area contributed by atoms with Gasteiger partial charge in [0.2, 0.25) is 15.9 Å². The van der Waals surface area contributed by atoms with Gasteiger partial charge in [-0.05, 0) is 68.1 Å². The van der Waals surface area contributed by atoms with Crippen LogP contribution in [0, 0.1) is 0 Å². The van der Waals surface area contributed by atoms with Gasteiger partial charge >= 0.3 is 5.97 Å². The van der Waals surface area contributed by atoms with Crippen molar-refractivity contribution >= 4 is 27.6 Å². The maximum Gasteiger partial charge on any atom is 0.338 e. The molecule has 1 aliphatic carbocycles. The highest BCUT2D eigenvalue weighted by Crippen LogP contribution is 2.20. The van der Waals surface area contributed by atoms with Crippen molar-refractivity contribution in [2.45, 2.75) is 62.8 Å². The summed E-state index contributed by atoms with van der Waals surface area (Å²) in [6.45, 7) is 2.05. The Labute approximate surface area is 189 Å². The van der Waals surface area contributed by atoms with Crippen LogP contribution in [-0.4, -0.2) is 32.9 Å². The zero-order valence-corrected chi connectivity index (χ0v) is 19.1. The Morgan fingerprint density at radius 3 is 2.25 bits per heavy atom. The summed E-state index contributed by atoms with van der Waals surface area (Å²) in [6.07, 6.45) is 5.80. The molecule has 2 N–H and O–H groups in total. The number of benzene rings is 2. The van der Waals surface area contributed by atoms with Gasteiger partial charge in [-0.25, -0.2) is 17.9 Å². The van der Waals surface area contributed by atoms with Crippen LogP contribution >= 0.6 is 0 Å². The molecular formula is C24H30N2O5S. The van der Waals surface area contributed by atoms with E-state index in [0.717, 1.165) is 31.2 Å². The number of anilines is 1. The molecule has 0 heterocycles. The lowest BCUT2D eigenvalue weighted by Crippen LogP contribution is -2.36. The molecule has 1 fully saturated rings. The SMILES string of the molecule is CCOC(=O)c1ccc(NC(=O)CCc2ccc(S(=O)(=O)NC3CCCCC3)cc2)cc1. The standard InChI is InChI=1S/C24H30N2O5S/c1-2-31-24(28)19-11-13-20(14-12-19)25-23(27)17-10-18-8-15-22(16-9-18)32(29,30)26-21-6-4-3-5-7-21/h8-9,11-16,21,26H,2-7,10,17H2,1H3,(H,25,27). The average molecular weight is 459 g/mol. The number of ether oxygens (including phenoxy) is 1. The Morgan fingerprint density at radius 1 is 0.969 bits per heavy atom. The molecule has 7 nitrogen and oxygen atoms in total. The summed E-state index contributed by atoms with van der Waals surface area (Å²) < 4.78 is 32.9. The lowest BCUT2D eigenvalue weighted by Gasteiger charge is -2.22. The molecule has 2 aromatic rings. The highest BCUT2D eigenvalue weighted by Gasteiger charge is 2.21. The van der Waals surface area contributed by atoms with Gasteiger partial charge < -0.3 is 10.1 Å². The Morgan fingerprint density at radius 2 is 1.62 bits per heavy atom. The van der Waals surface area contributed by atoms with E-state index in [1.807, 2.05) is 0 Å². The van der Waals surface area contributed by atoms with Crippen LogP contribution in [-0.2, 0) is 26.0 Å². The normalized spacial score (nSPS) is 14.7. The molecule has 1 saturated carbocycles. The predicted molar refractivity (Wildman–Crippen MR) is 123 cm³/mol. The lowest BCUT2D eigenvalue weighted by atomic mass is 9.96. The number of sulfonamides is 1. The molecule has 0 bridgehead atoms.